The molecule has 2 fully saturated rings. The molecule has 5 rings (SSSR count). The molecule has 0 atom stereocenters. The lowest BCUT2D eigenvalue weighted by atomic mass is 9.94. The third kappa shape index (κ3) is 7.21. The highest BCUT2D eigenvalue weighted by Gasteiger charge is 2.26. The quantitative estimate of drug-likeness (QED) is 0.407. The number of nitrogens with zero attached hydrogens (tertiary/aromatic N) is 6. The van der Waals surface area contributed by atoms with Gasteiger partial charge in [-0.05, 0) is 37.1 Å². The molecule has 3 heterocycles. The normalized spacial score (nSPS) is 16.6. The Hall–Kier alpha value is -3.31. The Bertz CT molecular complexity index is 1240. The Kier molecular flexibility index (Phi) is 9.68. The number of hydrogen-bond acceptors (Lipinski definition) is 8. The molecule has 1 aliphatic heterocycles. The fourth-order valence-electron chi connectivity index (χ4n) is 5.12. The maximum Gasteiger partial charge on any atom is 0.276 e. The first kappa shape index (κ1) is 28.7. The number of aryl methyl sites for hydroxylation is 1. The summed E-state index contributed by atoms with van der Waals surface area (Å²) >= 11 is 0. The first-order valence-corrected chi connectivity index (χ1v) is 13.3. The van der Waals surface area contributed by atoms with Crippen LogP contribution in [0.5, 0.6) is 0 Å². The molecule has 2 aliphatic rings. The Balaban J connectivity index is 0.00000353. The molecule has 2 aromatic heterocycles. The van der Waals surface area contributed by atoms with Gasteiger partial charge in [0.2, 0.25) is 11.8 Å². The lowest BCUT2D eigenvalue weighted by Gasteiger charge is -2.33. The molecule has 39 heavy (non-hydrogen) atoms. The summed E-state index contributed by atoms with van der Waals surface area (Å²) in [5.74, 6) is 1.05. The molecule has 0 radical (unpaired) electrons. The Morgan fingerprint density at radius 2 is 1.74 bits per heavy atom. The van der Waals surface area contributed by atoms with Crippen molar-refractivity contribution in [2.75, 3.05) is 33.2 Å². The second-order valence-electron chi connectivity index (χ2n) is 10.1. The Morgan fingerprint density at radius 1 is 1.03 bits per heavy atom. The zero-order valence-electron chi connectivity index (χ0n) is 22.1. The van der Waals surface area contributed by atoms with E-state index in [-0.39, 0.29) is 35.7 Å². The smallest absolute Gasteiger partial charge is 0.276 e. The fraction of sp³-hybridized carbons (Fsp3) is 0.519. The van der Waals surface area contributed by atoms with Crippen molar-refractivity contribution >= 4 is 24.2 Å². The lowest BCUT2D eigenvalue weighted by Crippen LogP contribution is -2.48. The maximum atomic E-state index is 13.2. The number of piperazine rings is 1. The highest BCUT2D eigenvalue weighted by molar-refractivity contribution is 5.93. The first-order valence-electron chi connectivity index (χ1n) is 13.3. The largest absolute Gasteiger partial charge is 0.355 e. The average molecular weight is 561 g/mol. The summed E-state index contributed by atoms with van der Waals surface area (Å²) in [6, 6.07) is 7.77. The number of carbonyl (C=O) groups is 2. The molecule has 3 aromatic rings. The number of benzene rings is 1. The van der Waals surface area contributed by atoms with Crippen LogP contribution >= 0.6 is 12.4 Å². The number of rotatable bonds is 8. The molecule has 2 amide bonds. The maximum absolute atomic E-state index is 13.2. The molecule has 1 aromatic carbocycles. The highest BCUT2D eigenvalue weighted by Crippen LogP contribution is 2.23. The lowest BCUT2D eigenvalue weighted by molar-refractivity contribution is -0.132. The van der Waals surface area contributed by atoms with Crippen molar-refractivity contribution in [1.82, 2.24) is 30.0 Å². The van der Waals surface area contributed by atoms with Crippen LogP contribution < -0.4 is 0 Å². The molecular formula is C27H34ClFN6O4. The van der Waals surface area contributed by atoms with E-state index in [4.69, 9.17) is 9.05 Å². The second kappa shape index (κ2) is 13.2. The van der Waals surface area contributed by atoms with Crippen LogP contribution in [0.25, 0.3) is 11.3 Å². The summed E-state index contributed by atoms with van der Waals surface area (Å²) in [7, 11) is 1.90. The minimum Gasteiger partial charge on any atom is -0.355 e. The van der Waals surface area contributed by atoms with Crippen LogP contribution in [0.15, 0.2) is 39.4 Å². The van der Waals surface area contributed by atoms with Gasteiger partial charge in [0.15, 0.2) is 17.3 Å². The van der Waals surface area contributed by atoms with E-state index in [1.807, 2.05) is 11.9 Å². The van der Waals surface area contributed by atoms with E-state index in [2.05, 4.69) is 20.2 Å². The summed E-state index contributed by atoms with van der Waals surface area (Å²) < 4.78 is 23.8. The topological polar surface area (TPSA) is 109 Å². The van der Waals surface area contributed by atoms with Crippen LogP contribution in [-0.4, -0.2) is 81.1 Å². The predicted molar refractivity (Wildman–Crippen MR) is 143 cm³/mol. The number of aromatic nitrogens is 3. The highest BCUT2D eigenvalue weighted by atomic mass is 35.5. The summed E-state index contributed by atoms with van der Waals surface area (Å²) in [6.45, 7) is 2.89. The van der Waals surface area contributed by atoms with Gasteiger partial charge in [0.05, 0.1) is 6.54 Å². The number of halogens is 2. The molecule has 1 saturated heterocycles. The minimum atomic E-state index is -0.340. The van der Waals surface area contributed by atoms with E-state index in [0.717, 1.165) is 12.8 Å². The van der Waals surface area contributed by atoms with Crippen LogP contribution in [-0.2, 0) is 17.8 Å². The second-order valence-corrected chi connectivity index (χ2v) is 10.1. The third-order valence-corrected chi connectivity index (χ3v) is 7.46. The molecule has 12 heteroatoms. The van der Waals surface area contributed by atoms with E-state index < -0.39 is 0 Å². The van der Waals surface area contributed by atoms with Gasteiger partial charge >= 0.3 is 0 Å². The van der Waals surface area contributed by atoms with Crippen molar-refractivity contribution in [3.63, 3.8) is 0 Å². The average Bonchev–Trinajstić information content (AvgIpc) is 3.62. The van der Waals surface area contributed by atoms with Crippen LogP contribution in [0.1, 0.15) is 60.7 Å². The van der Waals surface area contributed by atoms with Gasteiger partial charge in [-0.2, -0.15) is 4.98 Å². The molecule has 0 spiro atoms. The predicted octanol–water partition coefficient (Wildman–Crippen LogP) is 3.97. The van der Waals surface area contributed by atoms with Crippen LogP contribution in [0.3, 0.4) is 0 Å². The minimum absolute atomic E-state index is 0. The summed E-state index contributed by atoms with van der Waals surface area (Å²) in [6.07, 6.45) is 6.61. The molecule has 0 unspecified atom stereocenters. The van der Waals surface area contributed by atoms with Crippen LogP contribution in [0, 0.1) is 5.82 Å². The van der Waals surface area contributed by atoms with Crippen molar-refractivity contribution in [2.24, 2.45) is 0 Å². The van der Waals surface area contributed by atoms with Crippen molar-refractivity contribution < 1.29 is 23.0 Å². The molecule has 0 bridgehead atoms. The van der Waals surface area contributed by atoms with Crippen molar-refractivity contribution in [3.8, 4) is 11.3 Å². The monoisotopic (exact) mass is 560 g/mol. The molecule has 10 nitrogen and oxygen atoms in total. The molecular weight excluding hydrogens is 527 g/mol. The van der Waals surface area contributed by atoms with Gasteiger partial charge in [-0.1, -0.05) is 29.6 Å². The Labute approximate surface area is 232 Å². The SMILES string of the molecule is CN(C(=O)CCc1nc(CN2CCN(C(=O)c3cc(-c4ccc(F)cc4)on3)CC2)no1)C1CCCCC1.Cl. The fourth-order valence-corrected chi connectivity index (χ4v) is 5.12. The molecule has 0 N–H and O–H groups in total. The number of amides is 2. The van der Waals surface area contributed by atoms with E-state index in [9.17, 15) is 14.0 Å². The summed E-state index contributed by atoms with van der Waals surface area (Å²) in [5.41, 5.74) is 0.882. The van der Waals surface area contributed by atoms with Crippen LogP contribution in [0.4, 0.5) is 4.39 Å². The van der Waals surface area contributed by atoms with Gasteiger partial charge in [-0.15, -0.1) is 12.4 Å². The third-order valence-electron chi connectivity index (χ3n) is 7.46. The zero-order valence-corrected chi connectivity index (χ0v) is 22.9. The summed E-state index contributed by atoms with van der Waals surface area (Å²) in [4.78, 5) is 35.7. The zero-order chi connectivity index (χ0) is 26.5. The van der Waals surface area contributed by atoms with E-state index >= 15 is 0 Å². The number of carbonyl (C=O) groups excluding carboxylic acids is 2. The van der Waals surface area contributed by atoms with Gasteiger partial charge in [0.1, 0.15) is 5.82 Å². The van der Waals surface area contributed by atoms with E-state index in [1.165, 1.54) is 31.4 Å². The molecule has 210 valence electrons. The summed E-state index contributed by atoms with van der Waals surface area (Å²) in [5, 5.41) is 8.00. The first-order chi connectivity index (χ1) is 18.5. The van der Waals surface area contributed by atoms with Gasteiger partial charge in [0.25, 0.3) is 5.91 Å². The van der Waals surface area contributed by atoms with Crippen molar-refractivity contribution in [1.29, 1.82) is 0 Å². The van der Waals surface area contributed by atoms with Gasteiger partial charge in [-0.25, -0.2) is 4.39 Å². The van der Waals surface area contributed by atoms with E-state index in [1.54, 1.807) is 23.1 Å². The molecule has 1 saturated carbocycles. The molecule has 1 aliphatic carbocycles. The standard InChI is InChI=1S/C27H33FN6O4.ClH/c1-32(21-5-3-2-4-6-21)26(35)12-11-25-29-24(31-38-25)18-33-13-15-34(16-14-33)27(36)22-17-23(37-30-22)19-7-9-20(28)10-8-19;/h7-10,17,21H,2-6,11-16,18H2,1H3;1H. The Morgan fingerprint density at radius 3 is 2.46 bits per heavy atom. The van der Waals surface area contributed by atoms with Crippen molar-refractivity contribution in [3.05, 3.63) is 53.6 Å². The van der Waals surface area contributed by atoms with Gasteiger partial charge in [-0.3, -0.25) is 14.5 Å². The number of hydrogen-bond donors (Lipinski definition) is 0. The van der Waals surface area contributed by atoms with E-state index in [0.29, 0.717) is 74.6 Å². The van der Waals surface area contributed by atoms with Crippen molar-refractivity contribution in [2.45, 2.75) is 57.5 Å². The van der Waals surface area contributed by atoms with Gasteiger partial charge in [0, 0.05) is 63.7 Å². The van der Waals surface area contributed by atoms with Gasteiger partial charge < -0.3 is 18.8 Å². The van der Waals surface area contributed by atoms with Crippen LogP contribution in [0.2, 0.25) is 0 Å².